The third kappa shape index (κ3) is 2.31. The number of rotatable bonds is 3. The van der Waals surface area contributed by atoms with Gasteiger partial charge in [0.25, 0.3) is 5.69 Å². The molecule has 0 spiro atoms. The van der Waals surface area contributed by atoms with Crippen molar-refractivity contribution in [1.82, 2.24) is 4.98 Å². The highest BCUT2D eigenvalue weighted by atomic mass is 16.6. The van der Waals surface area contributed by atoms with Gasteiger partial charge in [-0.15, -0.1) is 0 Å². The summed E-state index contributed by atoms with van der Waals surface area (Å²) < 4.78 is 0. The molecule has 0 aliphatic carbocycles. The topological polar surface area (TPSA) is 91.8 Å². The number of nitrogens with one attached hydrogen (secondary N) is 1. The van der Waals surface area contributed by atoms with Crippen LogP contribution in [0.1, 0.15) is 5.56 Å². The molecule has 0 aliphatic heterocycles. The van der Waals surface area contributed by atoms with E-state index in [2.05, 4.69) is 16.4 Å². The second kappa shape index (κ2) is 5.50. The molecule has 6 heteroatoms. The van der Waals surface area contributed by atoms with E-state index in [9.17, 15) is 10.1 Å². The highest BCUT2D eigenvalue weighted by Gasteiger charge is 2.14. The Morgan fingerprint density at radius 1 is 1.09 bits per heavy atom. The Hall–Kier alpha value is -3.46. The number of nitro groups is 1. The molecule has 106 valence electrons. The molecule has 0 aliphatic rings. The van der Waals surface area contributed by atoms with Crippen molar-refractivity contribution in [2.75, 3.05) is 5.32 Å². The van der Waals surface area contributed by atoms with Gasteiger partial charge < -0.3 is 5.32 Å². The van der Waals surface area contributed by atoms with E-state index < -0.39 is 4.92 Å². The van der Waals surface area contributed by atoms with Gasteiger partial charge in [-0.3, -0.25) is 15.1 Å². The SMILES string of the molecule is N#Cc1ccc(Nc2cnccc2[N+](=O)[O-])c2ccccc12. The van der Waals surface area contributed by atoms with Crippen LogP contribution in [0.3, 0.4) is 0 Å². The Morgan fingerprint density at radius 3 is 2.59 bits per heavy atom. The van der Waals surface area contributed by atoms with Gasteiger partial charge in [-0.1, -0.05) is 24.3 Å². The minimum absolute atomic E-state index is 0.0524. The number of benzene rings is 2. The lowest BCUT2D eigenvalue weighted by Gasteiger charge is -2.10. The first-order valence-corrected chi connectivity index (χ1v) is 6.48. The smallest absolute Gasteiger partial charge is 0.295 e. The quantitative estimate of drug-likeness (QED) is 0.585. The average molecular weight is 290 g/mol. The van der Waals surface area contributed by atoms with E-state index in [1.807, 2.05) is 24.3 Å². The van der Waals surface area contributed by atoms with Crippen LogP contribution >= 0.6 is 0 Å². The zero-order chi connectivity index (χ0) is 15.5. The molecule has 0 saturated carbocycles. The summed E-state index contributed by atoms with van der Waals surface area (Å²) in [5.74, 6) is 0. The van der Waals surface area contributed by atoms with Crippen molar-refractivity contribution in [3.8, 4) is 6.07 Å². The predicted octanol–water partition coefficient (Wildman–Crippen LogP) is 3.76. The standard InChI is InChI=1S/C16H10N4O2/c17-9-11-5-6-14(13-4-2-1-3-12(11)13)19-15-10-18-8-7-16(15)20(21)22/h1-8,10,19H. The lowest BCUT2D eigenvalue weighted by Crippen LogP contribution is -1.98. The van der Waals surface area contributed by atoms with Crippen LogP contribution in [0, 0.1) is 21.4 Å². The van der Waals surface area contributed by atoms with Crippen LogP contribution < -0.4 is 5.32 Å². The van der Waals surface area contributed by atoms with E-state index in [0.717, 1.165) is 10.8 Å². The summed E-state index contributed by atoms with van der Waals surface area (Å²) >= 11 is 0. The van der Waals surface area contributed by atoms with Crippen LogP contribution in [0.15, 0.2) is 54.9 Å². The Labute approximate surface area is 125 Å². The normalized spacial score (nSPS) is 10.1. The molecule has 0 amide bonds. The third-order valence-corrected chi connectivity index (χ3v) is 3.31. The maximum atomic E-state index is 11.1. The lowest BCUT2D eigenvalue weighted by atomic mass is 10.0. The molecule has 0 fully saturated rings. The van der Waals surface area contributed by atoms with Gasteiger partial charge in [-0.05, 0) is 12.1 Å². The van der Waals surface area contributed by atoms with Gasteiger partial charge in [0, 0.05) is 28.7 Å². The molecule has 3 aromatic rings. The van der Waals surface area contributed by atoms with Crippen LogP contribution in [-0.2, 0) is 0 Å². The maximum Gasteiger partial charge on any atom is 0.295 e. The Balaban J connectivity index is 2.14. The monoisotopic (exact) mass is 290 g/mol. The zero-order valence-electron chi connectivity index (χ0n) is 11.4. The van der Waals surface area contributed by atoms with Crippen molar-refractivity contribution in [1.29, 1.82) is 5.26 Å². The average Bonchev–Trinajstić information content (AvgIpc) is 2.55. The number of hydrogen-bond donors (Lipinski definition) is 1. The minimum Gasteiger partial charge on any atom is -0.348 e. The Bertz CT molecular complexity index is 915. The molecule has 0 saturated heterocycles. The van der Waals surface area contributed by atoms with E-state index in [4.69, 9.17) is 5.26 Å². The second-order valence-electron chi connectivity index (χ2n) is 4.59. The molecule has 2 aromatic carbocycles. The number of nitriles is 1. The highest BCUT2D eigenvalue weighted by molar-refractivity contribution is 5.99. The second-order valence-corrected chi connectivity index (χ2v) is 4.59. The predicted molar refractivity (Wildman–Crippen MR) is 82.8 cm³/mol. The molecule has 3 rings (SSSR count). The van der Waals surface area contributed by atoms with Crippen LogP contribution in [0.5, 0.6) is 0 Å². The molecule has 0 atom stereocenters. The molecule has 6 nitrogen and oxygen atoms in total. The summed E-state index contributed by atoms with van der Waals surface area (Å²) in [5, 5.41) is 24.9. The molecule has 1 heterocycles. The van der Waals surface area contributed by atoms with Crippen molar-refractivity contribution < 1.29 is 4.92 Å². The van der Waals surface area contributed by atoms with E-state index in [-0.39, 0.29) is 5.69 Å². The number of pyridine rings is 1. The summed E-state index contributed by atoms with van der Waals surface area (Å²) in [6.07, 6.45) is 2.78. The van der Waals surface area contributed by atoms with Gasteiger partial charge in [0.2, 0.25) is 0 Å². The minimum atomic E-state index is -0.462. The summed E-state index contributed by atoms with van der Waals surface area (Å²) in [6, 6.07) is 14.3. The number of nitrogens with zero attached hydrogens (tertiary/aromatic N) is 3. The van der Waals surface area contributed by atoms with Crippen LogP contribution in [0.2, 0.25) is 0 Å². The van der Waals surface area contributed by atoms with Crippen molar-refractivity contribution in [2.24, 2.45) is 0 Å². The van der Waals surface area contributed by atoms with E-state index in [1.165, 1.54) is 18.5 Å². The molecule has 22 heavy (non-hydrogen) atoms. The van der Waals surface area contributed by atoms with E-state index in [0.29, 0.717) is 16.9 Å². The first kappa shape index (κ1) is 13.5. The number of anilines is 2. The third-order valence-electron chi connectivity index (χ3n) is 3.31. The summed E-state index contributed by atoms with van der Waals surface area (Å²) in [5.41, 5.74) is 1.50. The van der Waals surface area contributed by atoms with Gasteiger partial charge >= 0.3 is 0 Å². The molecule has 0 unspecified atom stereocenters. The molecule has 0 bridgehead atoms. The highest BCUT2D eigenvalue weighted by Crippen LogP contribution is 2.31. The van der Waals surface area contributed by atoms with Crippen LogP contribution in [-0.4, -0.2) is 9.91 Å². The Kier molecular flexibility index (Phi) is 3.38. The summed E-state index contributed by atoms with van der Waals surface area (Å²) in [4.78, 5) is 14.5. The molecule has 1 aromatic heterocycles. The van der Waals surface area contributed by atoms with Crippen molar-refractivity contribution in [3.63, 3.8) is 0 Å². The molecule has 0 radical (unpaired) electrons. The maximum absolute atomic E-state index is 11.1. The van der Waals surface area contributed by atoms with Crippen molar-refractivity contribution in [3.05, 3.63) is 70.5 Å². The van der Waals surface area contributed by atoms with Crippen molar-refractivity contribution >= 4 is 27.8 Å². The van der Waals surface area contributed by atoms with Crippen LogP contribution in [0.4, 0.5) is 17.1 Å². The first-order chi connectivity index (χ1) is 10.7. The van der Waals surface area contributed by atoms with Gasteiger partial charge in [0.1, 0.15) is 5.69 Å². The molecule has 1 N–H and O–H groups in total. The Morgan fingerprint density at radius 2 is 1.86 bits per heavy atom. The number of fused-ring (bicyclic) bond motifs is 1. The van der Waals surface area contributed by atoms with Gasteiger partial charge in [0.15, 0.2) is 0 Å². The fourth-order valence-corrected chi connectivity index (χ4v) is 2.29. The van der Waals surface area contributed by atoms with Crippen molar-refractivity contribution in [2.45, 2.75) is 0 Å². The van der Waals surface area contributed by atoms with E-state index in [1.54, 1.807) is 12.1 Å². The number of aromatic nitrogens is 1. The molecular formula is C16H10N4O2. The lowest BCUT2D eigenvalue weighted by molar-refractivity contribution is -0.384. The fraction of sp³-hybridized carbons (Fsp3) is 0. The van der Waals surface area contributed by atoms with Crippen LogP contribution in [0.25, 0.3) is 10.8 Å². The van der Waals surface area contributed by atoms with Gasteiger partial charge in [0.05, 0.1) is 22.8 Å². The van der Waals surface area contributed by atoms with E-state index >= 15 is 0 Å². The number of hydrogen-bond acceptors (Lipinski definition) is 5. The summed E-state index contributed by atoms with van der Waals surface area (Å²) in [7, 11) is 0. The van der Waals surface area contributed by atoms with Gasteiger partial charge in [-0.25, -0.2) is 0 Å². The molecular weight excluding hydrogens is 280 g/mol. The van der Waals surface area contributed by atoms with Gasteiger partial charge in [-0.2, -0.15) is 5.26 Å². The summed E-state index contributed by atoms with van der Waals surface area (Å²) in [6.45, 7) is 0. The zero-order valence-corrected chi connectivity index (χ0v) is 11.4. The fourth-order valence-electron chi connectivity index (χ4n) is 2.29. The first-order valence-electron chi connectivity index (χ1n) is 6.48. The largest absolute Gasteiger partial charge is 0.348 e.